The molecule has 0 aliphatic carbocycles. The number of amides is 1. The summed E-state index contributed by atoms with van der Waals surface area (Å²) in [4.78, 5) is 16.2. The molecule has 0 bridgehead atoms. The van der Waals surface area contributed by atoms with E-state index in [0.717, 1.165) is 16.7 Å². The minimum atomic E-state index is -3.84. The standard InChI is InChI=1S/C21H20N4O3S/c1-15-8-9-20(16(2)11-15)25-29(27,28)19-7-3-6-18(12-19)21(26)24-23-14-17-5-4-10-22-13-17/h3-14,25H,1-2H3,(H,24,26). The lowest BCUT2D eigenvalue weighted by molar-refractivity contribution is 0.0955. The fourth-order valence-corrected chi connectivity index (χ4v) is 3.79. The molecular formula is C21H20N4O3S. The van der Waals surface area contributed by atoms with Crippen molar-refractivity contribution in [1.82, 2.24) is 10.4 Å². The van der Waals surface area contributed by atoms with Crippen molar-refractivity contribution in [1.29, 1.82) is 0 Å². The van der Waals surface area contributed by atoms with E-state index in [1.807, 2.05) is 26.0 Å². The van der Waals surface area contributed by atoms with E-state index in [1.165, 1.54) is 30.5 Å². The molecule has 3 rings (SSSR count). The predicted molar refractivity (Wildman–Crippen MR) is 112 cm³/mol. The number of aryl methyl sites for hydroxylation is 2. The van der Waals surface area contributed by atoms with E-state index in [9.17, 15) is 13.2 Å². The van der Waals surface area contributed by atoms with Gasteiger partial charge in [0.1, 0.15) is 0 Å². The van der Waals surface area contributed by atoms with Gasteiger partial charge in [0.05, 0.1) is 16.8 Å². The molecule has 1 aromatic heterocycles. The Balaban J connectivity index is 1.75. The largest absolute Gasteiger partial charge is 0.279 e. The third-order valence-corrected chi connectivity index (χ3v) is 5.46. The van der Waals surface area contributed by atoms with Crippen molar-refractivity contribution in [3.8, 4) is 0 Å². The van der Waals surface area contributed by atoms with Gasteiger partial charge in [-0.1, -0.05) is 29.8 Å². The Bertz CT molecular complexity index is 1160. The van der Waals surface area contributed by atoms with Crippen molar-refractivity contribution in [2.24, 2.45) is 5.10 Å². The lowest BCUT2D eigenvalue weighted by atomic mass is 10.1. The van der Waals surface area contributed by atoms with E-state index >= 15 is 0 Å². The Kier molecular flexibility index (Phi) is 6.04. The van der Waals surface area contributed by atoms with Gasteiger partial charge in [0.15, 0.2) is 0 Å². The van der Waals surface area contributed by atoms with Gasteiger partial charge in [-0.25, -0.2) is 13.8 Å². The molecule has 3 aromatic rings. The first kappa shape index (κ1) is 20.2. The molecule has 29 heavy (non-hydrogen) atoms. The molecule has 0 aliphatic rings. The lowest BCUT2D eigenvalue weighted by Gasteiger charge is -2.12. The molecule has 0 radical (unpaired) electrons. The number of pyridine rings is 1. The van der Waals surface area contributed by atoms with Crippen LogP contribution in [0.25, 0.3) is 0 Å². The Hall–Kier alpha value is -3.52. The number of nitrogens with zero attached hydrogens (tertiary/aromatic N) is 2. The number of hydrogen-bond acceptors (Lipinski definition) is 5. The molecule has 148 valence electrons. The summed E-state index contributed by atoms with van der Waals surface area (Å²) in [6.07, 6.45) is 4.68. The number of nitrogens with one attached hydrogen (secondary N) is 2. The quantitative estimate of drug-likeness (QED) is 0.483. The lowest BCUT2D eigenvalue weighted by Crippen LogP contribution is -2.19. The van der Waals surface area contributed by atoms with Crippen LogP contribution >= 0.6 is 0 Å². The van der Waals surface area contributed by atoms with Crippen LogP contribution in [-0.4, -0.2) is 25.5 Å². The van der Waals surface area contributed by atoms with Crippen molar-refractivity contribution in [2.75, 3.05) is 4.72 Å². The van der Waals surface area contributed by atoms with Crippen LogP contribution in [0.4, 0.5) is 5.69 Å². The second-order valence-corrected chi connectivity index (χ2v) is 8.12. The summed E-state index contributed by atoms with van der Waals surface area (Å²) in [6, 6.07) is 14.7. The molecule has 0 saturated heterocycles. The van der Waals surface area contributed by atoms with Crippen molar-refractivity contribution < 1.29 is 13.2 Å². The van der Waals surface area contributed by atoms with E-state index < -0.39 is 15.9 Å². The number of sulfonamides is 1. The smallest absolute Gasteiger partial charge is 0.271 e. The molecule has 1 heterocycles. The normalized spacial score (nSPS) is 11.4. The fourth-order valence-electron chi connectivity index (χ4n) is 2.62. The Morgan fingerprint density at radius 2 is 1.90 bits per heavy atom. The second kappa shape index (κ2) is 8.66. The maximum Gasteiger partial charge on any atom is 0.271 e. The van der Waals surface area contributed by atoms with Crippen molar-refractivity contribution in [2.45, 2.75) is 18.7 Å². The molecule has 0 atom stereocenters. The summed E-state index contributed by atoms with van der Waals surface area (Å²) in [5, 5.41) is 3.87. The molecule has 7 nitrogen and oxygen atoms in total. The molecule has 0 fully saturated rings. The number of carbonyl (C=O) groups is 1. The highest BCUT2D eigenvalue weighted by atomic mass is 32.2. The maximum atomic E-state index is 12.7. The molecule has 2 N–H and O–H groups in total. The summed E-state index contributed by atoms with van der Waals surface area (Å²) in [7, 11) is -3.84. The Morgan fingerprint density at radius 3 is 2.62 bits per heavy atom. The van der Waals surface area contributed by atoms with Gasteiger partial charge < -0.3 is 0 Å². The molecule has 0 spiro atoms. The number of carbonyl (C=O) groups excluding carboxylic acids is 1. The number of aromatic nitrogens is 1. The van der Waals surface area contributed by atoms with Gasteiger partial charge in [0.2, 0.25) is 0 Å². The van der Waals surface area contributed by atoms with Crippen LogP contribution in [0.15, 0.2) is 77.0 Å². The summed E-state index contributed by atoms with van der Waals surface area (Å²) < 4.78 is 28.0. The first-order valence-corrected chi connectivity index (χ1v) is 10.3. The summed E-state index contributed by atoms with van der Waals surface area (Å²) in [5.74, 6) is -0.520. The third kappa shape index (κ3) is 5.26. The van der Waals surface area contributed by atoms with E-state index in [1.54, 1.807) is 30.6 Å². The van der Waals surface area contributed by atoms with E-state index in [2.05, 4.69) is 20.2 Å². The molecule has 2 aromatic carbocycles. The van der Waals surface area contributed by atoms with Crippen LogP contribution in [0.5, 0.6) is 0 Å². The van der Waals surface area contributed by atoms with E-state index in [4.69, 9.17) is 0 Å². The van der Waals surface area contributed by atoms with Gasteiger partial charge >= 0.3 is 0 Å². The zero-order chi connectivity index (χ0) is 20.9. The van der Waals surface area contributed by atoms with E-state index in [0.29, 0.717) is 5.69 Å². The highest BCUT2D eigenvalue weighted by molar-refractivity contribution is 7.92. The SMILES string of the molecule is Cc1ccc(NS(=O)(=O)c2cccc(C(=O)NN=Cc3cccnc3)c2)c(C)c1. The average molecular weight is 408 g/mol. The minimum absolute atomic E-state index is 0.0126. The number of rotatable bonds is 6. The molecule has 1 amide bonds. The average Bonchev–Trinajstić information content (AvgIpc) is 2.71. The first-order valence-electron chi connectivity index (χ1n) is 8.79. The molecule has 0 aliphatic heterocycles. The molecule has 0 saturated carbocycles. The highest BCUT2D eigenvalue weighted by Gasteiger charge is 2.17. The van der Waals surface area contributed by atoms with Crippen LogP contribution in [0.1, 0.15) is 27.0 Å². The van der Waals surface area contributed by atoms with Gasteiger partial charge in [-0.2, -0.15) is 5.10 Å². The maximum absolute atomic E-state index is 12.7. The number of hydrogen-bond donors (Lipinski definition) is 2. The van der Waals surface area contributed by atoms with Gasteiger partial charge in [0.25, 0.3) is 15.9 Å². The summed E-state index contributed by atoms with van der Waals surface area (Å²) in [5.41, 5.74) is 5.62. The van der Waals surface area contributed by atoms with Gasteiger partial charge in [-0.15, -0.1) is 0 Å². The highest BCUT2D eigenvalue weighted by Crippen LogP contribution is 2.21. The van der Waals surface area contributed by atoms with Gasteiger partial charge in [0, 0.05) is 23.5 Å². The second-order valence-electron chi connectivity index (χ2n) is 6.44. The van der Waals surface area contributed by atoms with Crippen LogP contribution in [-0.2, 0) is 10.0 Å². The topological polar surface area (TPSA) is 101 Å². The first-order chi connectivity index (χ1) is 13.8. The van der Waals surface area contributed by atoms with Crippen molar-refractivity contribution in [3.05, 3.63) is 89.2 Å². The zero-order valence-corrected chi connectivity index (χ0v) is 16.8. The fraction of sp³-hybridized carbons (Fsp3) is 0.0952. The number of benzene rings is 2. The summed E-state index contributed by atoms with van der Waals surface area (Å²) in [6.45, 7) is 3.76. The molecular weight excluding hydrogens is 388 g/mol. The minimum Gasteiger partial charge on any atom is -0.279 e. The van der Waals surface area contributed by atoms with Crippen LogP contribution in [0.3, 0.4) is 0 Å². The van der Waals surface area contributed by atoms with Crippen molar-refractivity contribution >= 4 is 27.8 Å². The predicted octanol–water partition coefficient (Wildman–Crippen LogP) is 3.26. The van der Waals surface area contributed by atoms with Crippen LogP contribution in [0, 0.1) is 13.8 Å². The van der Waals surface area contributed by atoms with Crippen molar-refractivity contribution in [3.63, 3.8) is 0 Å². The van der Waals surface area contributed by atoms with Crippen LogP contribution < -0.4 is 10.1 Å². The third-order valence-electron chi connectivity index (χ3n) is 4.10. The number of hydrazone groups is 1. The zero-order valence-electron chi connectivity index (χ0n) is 16.0. The monoisotopic (exact) mass is 408 g/mol. The molecule has 8 heteroatoms. The van der Waals surface area contributed by atoms with Gasteiger partial charge in [-0.3, -0.25) is 14.5 Å². The molecule has 0 unspecified atom stereocenters. The summed E-state index contributed by atoms with van der Waals surface area (Å²) >= 11 is 0. The van der Waals surface area contributed by atoms with E-state index in [-0.39, 0.29) is 10.5 Å². The Labute approximate surface area is 169 Å². The van der Waals surface area contributed by atoms with Gasteiger partial charge in [-0.05, 0) is 49.7 Å². The number of anilines is 1. The van der Waals surface area contributed by atoms with Crippen LogP contribution in [0.2, 0.25) is 0 Å². The Morgan fingerprint density at radius 1 is 1.07 bits per heavy atom.